The number of sulfone groups is 1. The Labute approximate surface area is 97.1 Å². The number of aliphatic hydroxyl groups excluding tert-OH is 1. The fraction of sp³-hybridized carbons (Fsp3) is 1.00. The van der Waals surface area contributed by atoms with Crippen LogP contribution in [-0.4, -0.2) is 57.4 Å². The summed E-state index contributed by atoms with van der Waals surface area (Å²) in [6.45, 7) is 0.581. The highest BCUT2D eigenvalue weighted by molar-refractivity contribution is 7.91. The molecule has 2 atom stereocenters. The minimum absolute atomic E-state index is 0.00505. The first-order chi connectivity index (χ1) is 7.57. The highest BCUT2D eigenvalue weighted by Gasteiger charge is 2.26. The van der Waals surface area contributed by atoms with Crippen molar-refractivity contribution in [3.63, 3.8) is 0 Å². The summed E-state index contributed by atoms with van der Waals surface area (Å²) in [6, 6.07) is 0.0405. The molecule has 0 bridgehead atoms. The minimum atomic E-state index is -2.87. The Bertz CT molecular complexity index is 285. The summed E-state index contributed by atoms with van der Waals surface area (Å²) in [6.07, 6.45) is 2.19. The summed E-state index contributed by atoms with van der Waals surface area (Å²) < 4.78 is 27.9. The van der Waals surface area contributed by atoms with E-state index in [1.807, 2.05) is 0 Å². The van der Waals surface area contributed by atoms with Crippen molar-refractivity contribution < 1.29 is 18.3 Å². The molecule has 0 aromatic heterocycles. The predicted molar refractivity (Wildman–Crippen MR) is 62.2 cm³/mol. The second kappa shape index (κ2) is 6.54. The van der Waals surface area contributed by atoms with Gasteiger partial charge in [-0.25, -0.2) is 8.42 Å². The van der Waals surface area contributed by atoms with Crippen molar-refractivity contribution in [1.29, 1.82) is 0 Å². The van der Waals surface area contributed by atoms with E-state index in [2.05, 4.69) is 5.32 Å². The fourth-order valence-corrected chi connectivity index (χ4v) is 3.71. The van der Waals surface area contributed by atoms with Crippen molar-refractivity contribution in [3.05, 3.63) is 0 Å². The molecule has 5 nitrogen and oxygen atoms in total. The zero-order valence-electron chi connectivity index (χ0n) is 9.68. The van der Waals surface area contributed by atoms with E-state index in [9.17, 15) is 8.42 Å². The Morgan fingerprint density at radius 2 is 2.31 bits per heavy atom. The highest BCUT2D eigenvalue weighted by Crippen LogP contribution is 2.13. The highest BCUT2D eigenvalue weighted by atomic mass is 32.2. The number of methoxy groups -OCH3 is 1. The van der Waals surface area contributed by atoms with E-state index in [0.29, 0.717) is 18.8 Å². The van der Waals surface area contributed by atoms with Crippen molar-refractivity contribution in [1.82, 2.24) is 5.32 Å². The maximum Gasteiger partial charge on any atom is 0.151 e. The Morgan fingerprint density at radius 1 is 1.56 bits per heavy atom. The number of hydrogen-bond acceptors (Lipinski definition) is 5. The van der Waals surface area contributed by atoms with Crippen LogP contribution >= 0.6 is 0 Å². The van der Waals surface area contributed by atoms with Crippen LogP contribution < -0.4 is 5.32 Å². The summed E-state index contributed by atoms with van der Waals surface area (Å²) >= 11 is 0. The Hall–Kier alpha value is -0.170. The Balaban J connectivity index is 2.44. The summed E-state index contributed by atoms with van der Waals surface area (Å²) in [5.74, 6) is 0.513. The lowest BCUT2D eigenvalue weighted by Crippen LogP contribution is -2.47. The van der Waals surface area contributed by atoms with Crippen LogP contribution in [0.2, 0.25) is 0 Å². The molecule has 2 unspecified atom stereocenters. The lowest BCUT2D eigenvalue weighted by atomic mass is 10.1. The van der Waals surface area contributed by atoms with Crippen LogP contribution in [0.1, 0.15) is 19.3 Å². The first-order valence-electron chi connectivity index (χ1n) is 5.63. The van der Waals surface area contributed by atoms with Crippen LogP contribution in [0.25, 0.3) is 0 Å². The number of nitrogens with one attached hydrogen (secondary N) is 1. The molecular formula is C10H21NO4S. The lowest BCUT2D eigenvalue weighted by molar-refractivity contribution is 0.142. The number of hydrogen-bond donors (Lipinski definition) is 2. The van der Waals surface area contributed by atoms with Gasteiger partial charge in [0.15, 0.2) is 9.84 Å². The van der Waals surface area contributed by atoms with E-state index in [0.717, 1.165) is 12.8 Å². The van der Waals surface area contributed by atoms with Crippen LogP contribution in [0.3, 0.4) is 0 Å². The van der Waals surface area contributed by atoms with Gasteiger partial charge in [0, 0.05) is 25.8 Å². The second-order valence-electron chi connectivity index (χ2n) is 4.28. The largest absolute Gasteiger partial charge is 0.396 e. The van der Waals surface area contributed by atoms with E-state index in [1.165, 1.54) is 0 Å². The Kier molecular flexibility index (Phi) is 5.68. The summed E-state index contributed by atoms with van der Waals surface area (Å²) in [5, 5.41) is 12.1. The van der Waals surface area contributed by atoms with Crippen LogP contribution in [-0.2, 0) is 14.6 Å². The van der Waals surface area contributed by atoms with Gasteiger partial charge in [-0.3, -0.25) is 0 Å². The van der Waals surface area contributed by atoms with Crippen molar-refractivity contribution in [2.45, 2.75) is 31.3 Å². The maximum absolute atomic E-state index is 11.4. The topological polar surface area (TPSA) is 75.6 Å². The number of aliphatic hydroxyl groups is 1. The monoisotopic (exact) mass is 251 g/mol. The Morgan fingerprint density at radius 3 is 2.88 bits per heavy atom. The number of rotatable bonds is 6. The molecule has 0 aromatic carbocycles. The van der Waals surface area contributed by atoms with Crippen LogP contribution in [0.4, 0.5) is 0 Å². The van der Waals surface area contributed by atoms with Crippen LogP contribution in [0.5, 0.6) is 0 Å². The van der Waals surface area contributed by atoms with Crippen LogP contribution in [0, 0.1) is 0 Å². The van der Waals surface area contributed by atoms with Gasteiger partial charge in [-0.05, 0) is 19.3 Å². The van der Waals surface area contributed by atoms with E-state index < -0.39 is 9.84 Å². The van der Waals surface area contributed by atoms with E-state index in [4.69, 9.17) is 9.84 Å². The molecule has 1 aliphatic heterocycles. The third-order valence-corrected chi connectivity index (χ3v) is 4.60. The molecule has 1 fully saturated rings. The van der Waals surface area contributed by atoms with Gasteiger partial charge in [-0.2, -0.15) is 0 Å². The van der Waals surface area contributed by atoms with Gasteiger partial charge in [-0.1, -0.05) is 0 Å². The quantitative estimate of drug-likeness (QED) is 0.669. The number of ether oxygens (including phenoxy) is 1. The standard InChI is InChI=1S/C10H21NO4S/c1-15-7-9(4-5-12)11-10-3-2-6-16(13,14)8-10/h9-12H,2-8H2,1H3. The zero-order valence-corrected chi connectivity index (χ0v) is 10.5. The lowest BCUT2D eigenvalue weighted by Gasteiger charge is -2.27. The third kappa shape index (κ3) is 4.78. The summed E-state index contributed by atoms with van der Waals surface area (Å²) in [7, 11) is -1.27. The smallest absolute Gasteiger partial charge is 0.151 e. The molecule has 0 saturated carbocycles. The molecule has 2 N–H and O–H groups in total. The molecule has 96 valence electrons. The molecule has 1 heterocycles. The van der Waals surface area contributed by atoms with Gasteiger partial charge in [0.05, 0.1) is 18.1 Å². The zero-order chi connectivity index (χ0) is 12.0. The average Bonchev–Trinajstić information content (AvgIpc) is 2.16. The summed E-state index contributed by atoms with van der Waals surface area (Å²) in [5.41, 5.74) is 0. The van der Waals surface area contributed by atoms with Crippen molar-refractivity contribution in [2.24, 2.45) is 0 Å². The van der Waals surface area contributed by atoms with Crippen molar-refractivity contribution in [2.75, 3.05) is 31.8 Å². The summed E-state index contributed by atoms with van der Waals surface area (Å²) in [4.78, 5) is 0. The van der Waals surface area contributed by atoms with Gasteiger partial charge in [-0.15, -0.1) is 0 Å². The third-order valence-electron chi connectivity index (χ3n) is 2.78. The molecule has 1 aliphatic rings. The van der Waals surface area contributed by atoms with Gasteiger partial charge in [0.2, 0.25) is 0 Å². The van der Waals surface area contributed by atoms with E-state index in [-0.39, 0.29) is 24.4 Å². The van der Waals surface area contributed by atoms with Gasteiger partial charge >= 0.3 is 0 Å². The molecule has 1 saturated heterocycles. The molecule has 0 aliphatic carbocycles. The SMILES string of the molecule is COCC(CCO)NC1CCCS(=O)(=O)C1. The first kappa shape index (κ1) is 13.9. The molecule has 0 spiro atoms. The molecule has 16 heavy (non-hydrogen) atoms. The van der Waals surface area contributed by atoms with Gasteiger partial charge in [0.1, 0.15) is 0 Å². The molecule has 0 radical (unpaired) electrons. The fourth-order valence-electron chi connectivity index (χ4n) is 2.06. The van der Waals surface area contributed by atoms with Crippen LogP contribution in [0.15, 0.2) is 0 Å². The molecule has 1 rings (SSSR count). The maximum atomic E-state index is 11.4. The van der Waals surface area contributed by atoms with Gasteiger partial charge < -0.3 is 15.2 Å². The van der Waals surface area contributed by atoms with Crippen molar-refractivity contribution in [3.8, 4) is 0 Å². The molecule has 0 aromatic rings. The average molecular weight is 251 g/mol. The van der Waals surface area contributed by atoms with Crippen molar-refractivity contribution >= 4 is 9.84 Å². The van der Waals surface area contributed by atoms with Gasteiger partial charge in [0.25, 0.3) is 0 Å². The molecule has 6 heteroatoms. The predicted octanol–water partition coefficient (Wildman–Crippen LogP) is -0.449. The van der Waals surface area contributed by atoms with E-state index in [1.54, 1.807) is 7.11 Å². The first-order valence-corrected chi connectivity index (χ1v) is 7.46. The molecular weight excluding hydrogens is 230 g/mol. The minimum Gasteiger partial charge on any atom is -0.396 e. The molecule has 0 amide bonds. The van der Waals surface area contributed by atoms with E-state index >= 15 is 0 Å². The second-order valence-corrected chi connectivity index (χ2v) is 6.51. The normalized spacial score (nSPS) is 26.5.